The predicted molar refractivity (Wildman–Crippen MR) is 74.1 cm³/mol. The van der Waals surface area contributed by atoms with Crippen LogP contribution in [0.1, 0.15) is 56.2 Å². The van der Waals surface area contributed by atoms with Crippen LogP contribution in [0.2, 0.25) is 0 Å². The molecule has 0 aromatic heterocycles. The van der Waals surface area contributed by atoms with Crippen LogP contribution >= 0.6 is 0 Å². The molecule has 1 saturated carbocycles. The Balaban J connectivity index is 2.06. The van der Waals surface area contributed by atoms with Crippen LogP contribution in [-0.2, 0) is 0 Å². The Hall–Kier alpha value is -0.890. The van der Waals surface area contributed by atoms with E-state index < -0.39 is 0 Å². The number of hydrogen-bond donors (Lipinski definition) is 1. The SMILES string of the molecule is CCCNC(CCC1CC1)c1cccc(C)c1F. The van der Waals surface area contributed by atoms with Crippen molar-refractivity contribution in [2.24, 2.45) is 5.92 Å². The van der Waals surface area contributed by atoms with Gasteiger partial charge in [-0.1, -0.05) is 38.0 Å². The number of hydrogen-bond acceptors (Lipinski definition) is 1. The first kappa shape index (κ1) is 13.5. The third kappa shape index (κ3) is 3.55. The van der Waals surface area contributed by atoms with Crippen LogP contribution in [-0.4, -0.2) is 6.54 Å². The summed E-state index contributed by atoms with van der Waals surface area (Å²) < 4.78 is 14.2. The van der Waals surface area contributed by atoms with E-state index in [0.29, 0.717) is 0 Å². The topological polar surface area (TPSA) is 12.0 Å². The van der Waals surface area contributed by atoms with Crippen molar-refractivity contribution in [1.82, 2.24) is 5.32 Å². The van der Waals surface area contributed by atoms with Crippen molar-refractivity contribution < 1.29 is 4.39 Å². The Labute approximate surface area is 110 Å². The average Bonchev–Trinajstić information content (AvgIpc) is 3.18. The lowest BCUT2D eigenvalue weighted by Crippen LogP contribution is -2.23. The summed E-state index contributed by atoms with van der Waals surface area (Å²) >= 11 is 0. The summed E-state index contributed by atoms with van der Waals surface area (Å²) in [5, 5.41) is 3.50. The van der Waals surface area contributed by atoms with Crippen molar-refractivity contribution in [1.29, 1.82) is 0 Å². The zero-order valence-electron chi connectivity index (χ0n) is 11.5. The van der Waals surface area contributed by atoms with Gasteiger partial charge in [0.25, 0.3) is 0 Å². The number of aryl methyl sites for hydroxylation is 1. The van der Waals surface area contributed by atoms with Crippen LogP contribution in [0.4, 0.5) is 4.39 Å². The minimum atomic E-state index is -0.0260. The van der Waals surface area contributed by atoms with Crippen molar-refractivity contribution in [2.45, 2.75) is 52.0 Å². The molecule has 0 heterocycles. The monoisotopic (exact) mass is 249 g/mol. The summed E-state index contributed by atoms with van der Waals surface area (Å²) in [5.74, 6) is 0.880. The smallest absolute Gasteiger partial charge is 0.130 e. The van der Waals surface area contributed by atoms with E-state index in [1.54, 1.807) is 0 Å². The first-order chi connectivity index (χ1) is 8.72. The van der Waals surface area contributed by atoms with Crippen LogP contribution in [0, 0.1) is 18.7 Å². The van der Waals surface area contributed by atoms with E-state index >= 15 is 0 Å². The van der Waals surface area contributed by atoms with Crippen molar-refractivity contribution in [2.75, 3.05) is 6.54 Å². The van der Waals surface area contributed by atoms with Gasteiger partial charge < -0.3 is 5.32 Å². The lowest BCUT2D eigenvalue weighted by atomic mass is 9.98. The third-order valence-electron chi connectivity index (χ3n) is 3.80. The number of rotatable bonds is 7. The van der Waals surface area contributed by atoms with E-state index in [-0.39, 0.29) is 11.9 Å². The van der Waals surface area contributed by atoms with E-state index in [9.17, 15) is 4.39 Å². The summed E-state index contributed by atoms with van der Waals surface area (Å²) in [4.78, 5) is 0. The van der Waals surface area contributed by atoms with Crippen molar-refractivity contribution in [3.8, 4) is 0 Å². The molecule has 0 aliphatic heterocycles. The quantitative estimate of drug-likeness (QED) is 0.757. The minimum absolute atomic E-state index is 0.0260. The highest BCUT2D eigenvalue weighted by molar-refractivity contribution is 5.27. The van der Waals surface area contributed by atoms with Crippen molar-refractivity contribution >= 4 is 0 Å². The van der Waals surface area contributed by atoms with Gasteiger partial charge in [-0.05, 0) is 44.2 Å². The molecule has 100 valence electrons. The molecule has 0 saturated heterocycles. The van der Waals surface area contributed by atoms with Gasteiger partial charge in [0, 0.05) is 11.6 Å². The summed E-state index contributed by atoms with van der Waals surface area (Å²) in [6.07, 6.45) is 6.13. The van der Waals surface area contributed by atoms with Crippen LogP contribution in [0.15, 0.2) is 18.2 Å². The lowest BCUT2D eigenvalue weighted by molar-refractivity contribution is 0.449. The summed E-state index contributed by atoms with van der Waals surface area (Å²) in [7, 11) is 0. The molecule has 1 unspecified atom stereocenters. The molecule has 1 aromatic rings. The molecule has 18 heavy (non-hydrogen) atoms. The van der Waals surface area contributed by atoms with Gasteiger partial charge in [-0.15, -0.1) is 0 Å². The van der Waals surface area contributed by atoms with Crippen LogP contribution in [0.25, 0.3) is 0 Å². The highest BCUT2D eigenvalue weighted by atomic mass is 19.1. The molecule has 0 spiro atoms. The normalized spacial score (nSPS) is 16.8. The summed E-state index contributed by atoms with van der Waals surface area (Å²) in [6, 6.07) is 5.93. The molecule has 1 nitrogen and oxygen atoms in total. The van der Waals surface area contributed by atoms with Gasteiger partial charge in [-0.3, -0.25) is 0 Å². The Morgan fingerprint density at radius 1 is 1.39 bits per heavy atom. The number of halogens is 1. The van der Waals surface area contributed by atoms with Gasteiger partial charge >= 0.3 is 0 Å². The van der Waals surface area contributed by atoms with Gasteiger partial charge in [-0.2, -0.15) is 0 Å². The summed E-state index contributed by atoms with van der Waals surface area (Å²) in [6.45, 7) is 4.96. The molecule has 0 amide bonds. The van der Waals surface area contributed by atoms with E-state index in [1.165, 1.54) is 19.3 Å². The van der Waals surface area contributed by atoms with E-state index in [0.717, 1.165) is 36.4 Å². The van der Waals surface area contributed by atoms with Gasteiger partial charge in [0.2, 0.25) is 0 Å². The molecule has 1 aliphatic rings. The third-order valence-corrected chi connectivity index (χ3v) is 3.80. The number of nitrogens with one attached hydrogen (secondary N) is 1. The number of benzene rings is 1. The Morgan fingerprint density at radius 2 is 2.17 bits per heavy atom. The molecule has 1 aliphatic carbocycles. The first-order valence-corrected chi connectivity index (χ1v) is 7.20. The highest BCUT2D eigenvalue weighted by Gasteiger charge is 2.24. The van der Waals surface area contributed by atoms with Crippen molar-refractivity contribution in [3.05, 3.63) is 35.1 Å². The van der Waals surface area contributed by atoms with Gasteiger partial charge in [-0.25, -0.2) is 4.39 Å². The predicted octanol–water partition coefficient (Wildman–Crippen LogP) is 4.37. The molecule has 0 radical (unpaired) electrons. The van der Waals surface area contributed by atoms with Crippen LogP contribution < -0.4 is 5.32 Å². The fourth-order valence-corrected chi connectivity index (χ4v) is 2.43. The van der Waals surface area contributed by atoms with Gasteiger partial charge in [0.1, 0.15) is 5.82 Å². The van der Waals surface area contributed by atoms with Gasteiger partial charge in [0.15, 0.2) is 0 Å². The average molecular weight is 249 g/mol. The second kappa shape index (κ2) is 6.33. The van der Waals surface area contributed by atoms with E-state index in [4.69, 9.17) is 0 Å². The van der Waals surface area contributed by atoms with Crippen LogP contribution in [0.3, 0.4) is 0 Å². The molecule has 1 aromatic carbocycles. The zero-order valence-corrected chi connectivity index (χ0v) is 11.5. The molecule has 0 bridgehead atoms. The maximum absolute atomic E-state index is 14.2. The van der Waals surface area contributed by atoms with Crippen LogP contribution in [0.5, 0.6) is 0 Å². The maximum atomic E-state index is 14.2. The van der Waals surface area contributed by atoms with E-state index in [1.807, 2.05) is 25.1 Å². The molecular formula is C16H24FN. The fraction of sp³-hybridized carbons (Fsp3) is 0.625. The summed E-state index contributed by atoms with van der Waals surface area (Å²) in [5.41, 5.74) is 1.60. The lowest BCUT2D eigenvalue weighted by Gasteiger charge is -2.20. The Kier molecular flexibility index (Phi) is 4.76. The highest BCUT2D eigenvalue weighted by Crippen LogP contribution is 2.36. The molecule has 2 rings (SSSR count). The molecular weight excluding hydrogens is 225 g/mol. The minimum Gasteiger partial charge on any atom is -0.310 e. The molecule has 1 atom stereocenters. The fourth-order valence-electron chi connectivity index (χ4n) is 2.43. The Morgan fingerprint density at radius 3 is 2.83 bits per heavy atom. The largest absolute Gasteiger partial charge is 0.310 e. The second-order valence-electron chi connectivity index (χ2n) is 5.51. The first-order valence-electron chi connectivity index (χ1n) is 7.20. The zero-order chi connectivity index (χ0) is 13.0. The van der Waals surface area contributed by atoms with Crippen molar-refractivity contribution in [3.63, 3.8) is 0 Å². The maximum Gasteiger partial charge on any atom is 0.130 e. The second-order valence-corrected chi connectivity index (χ2v) is 5.51. The Bertz CT molecular complexity index is 385. The standard InChI is InChI=1S/C16H24FN/c1-3-11-18-15(10-9-13-7-8-13)14-6-4-5-12(2)16(14)17/h4-6,13,15,18H,3,7-11H2,1-2H3. The van der Waals surface area contributed by atoms with E-state index in [2.05, 4.69) is 12.2 Å². The molecule has 2 heteroatoms. The molecule has 1 fully saturated rings. The van der Waals surface area contributed by atoms with Gasteiger partial charge in [0.05, 0.1) is 0 Å². The molecule has 1 N–H and O–H groups in total.